The maximum absolute atomic E-state index is 4.84. The van der Waals surface area contributed by atoms with Gasteiger partial charge in [-0.05, 0) is 32.2 Å². The second kappa shape index (κ2) is 7.06. The lowest BCUT2D eigenvalue weighted by atomic mass is 10.1. The van der Waals surface area contributed by atoms with Crippen LogP contribution in [0.4, 0.5) is 0 Å². The van der Waals surface area contributed by atoms with Crippen molar-refractivity contribution in [2.45, 2.75) is 20.8 Å². The minimum Gasteiger partial charge on any atom is -0.258 e. The highest BCUT2D eigenvalue weighted by Gasteiger charge is 2.08. The Morgan fingerprint density at radius 3 is 2.57 bits per heavy atom. The minimum atomic E-state index is 0.751. The van der Waals surface area contributed by atoms with E-state index in [1.807, 2.05) is 18.5 Å². The maximum Gasteiger partial charge on any atom is 0.206 e. The normalized spacial score (nSPS) is 12.8. The molecule has 0 saturated carbocycles. The molecule has 0 amide bonds. The molecule has 0 bridgehead atoms. The summed E-state index contributed by atoms with van der Waals surface area (Å²) in [5, 5.41) is 9.04. The lowest BCUT2D eigenvalue weighted by molar-refractivity contribution is 0.828. The van der Waals surface area contributed by atoms with Crippen molar-refractivity contribution in [3.8, 4) is 11.3 Å². The van der Waals surface area contributed by atoms with Crippen molar-refractivity contribution in [3.63, 3.8) is 0 Å². The van der Waals surface area contributed by atoms with Crippen LogP contribution in [0.15, 0.2) is 57.3 Å². The van der Waals surface area contributed by atoms with Gasteiger partial charge in [-0.2, -0.15) is 5.10 Å². The zero-order valence-corrected chi connectivity index (χ0v) is 15.1. The van der Waals surface area contributed by atoms with E-state index >= 15 is 0 Å². The molecule has 2 heterocycles. The van der Waals surface area contributed by atoms with Crippen molar-refractivity contribution in [1.29, 1.82) is 0 Å². The fourth-order valence-corrected chi connectivity index (χ4v) is 3.81. The quantitative estimate of drug-likeness (QED) is 0.611. The van der Waals surface area contributed by atoms with E-state index in [1.165, 1.54) is 10.4 Å². The molecule has 23 heavy (non-hydrogen) atoms. The van der Waals surface area contributed by atoms with Gasteiger partial charge in [0.2, 0.25) is 4.80 Å². The van der Waals surface area contributed by atoms with Crippen LogP contribution in [0.3, 0.4) is 0 Å². The van der Waals surface area contributed by atoms with E-state index in [0.29, 0.717) is 0 Å². The van der Waals surface area contributed by atoms with Gasteiger partial charge < -0.3 is 0 Å². The largest absolute Gasteiger partial charge is 0.258 e. The molecule has 0 aliphatic rings. The Balaban J connectivity index is 2.14. The molecule has 3 rings (SSSR count). The summed E-state index contributed by atoms with van der Waals surface area (Å²) in [7, 11) is 0. The zero-order chi connectivity index (χ0) is 16.2. The van der Waals surface area contributed by atoms with Crippen molar-refractivity contribution >= 4 is 28.4 Å². The Kier molecular flexibility index (Phi) is 4.88. The summed E-state index contributed by atoms with van der Waals surface area (Å²) in [5.41, 5.74) is 4.50. The fourth-order valence-electron chi connectivity index (χ4n) is 2.25. The van der Waals surface area contributed by atoms with Crippen LogP contribution in [0.5, 0.6) is 0 Å². The van der Waals surface area contributed by atoms with Gasteiger partial charge in [-0.1, -0.05) is 35.9 Å². The van der Waals surface area contributed by atoms with Crippen LogP contribution in [0.1, 0.15) is 24.3 Å². The highest BCUT2D eigenvalue weighted by atomic mass is 32.1. The van der Waals surface area contributed by atoms with E-state index in [2.05, 4.69) is 59.1 Å². The van der Waals surface area contributed by atoms with Gasteiger partial charge >= 0.3 is 0 Å². The van der Waals surface area contributed by atoms with Crippen LogP contribution in [0.25, 0.3) is 11.3 Å². The summed E-state index contributed by atoms with van der Waals surface area (Å²) in [5.74, 6) is 0. The van der Waals surface area contributed by atoms with E-state index in [-0.39, 0.29) is 0 Å². The van der Waals surface area contributed by atoms with Crippen LogP contribution in [0, 0.1) is 6.92 Å². The first-order chi connectivity index (χ1) is 11.2. The van der Waals surface area contributed by atoms with Crippen LogP contribution >= 0.6 is 22.7 Å². The van der Waals surface area contributed by atoms with E-state index < -0.39 is 0 Å². The molecule has 118 valence electrons. The monoisotopic (exact) mass is 341 g/mol. The van der Waals surface area contributed by atoms with Gasteiger partial charge in [-0.15, -0.1) is 22.7 Å². The summed E-state index contributed by atoms with van der Waals surface area (Å²) in [6.07, 6.45) is 0. The molecule has 0 N–H and O–H groups in total. The molecule has 0 spiro atoms. The minimum absolute atomic E-state index is 0.751. The highest BCUT2D eigenvalue weighted by Crippen LogP contribution is 2.21. The van der Waals surface area contributed by atoms with Crippen molar-refractivity contribution < 1.29 is 0 Å². The highest BCUT2D eigenvalue weighted by molar-refractivity contribution is 7.12. The summed E-state index contributed by atoms with van der Waals surface area (Å²) in [6, 6.07) is 12.7. The summed E-state index contributed by atoms with van der Waals surface area (Å²) in [4.78, 5) is 6.69. The fraction of sp³-hybridized carbons (Fsp3) is 0.222. The number of hydrogen-bond acceptors (Lipinski definition) is 4. The van der Waals surface area contributed by atoms with Gasteiger partial charge in [0, 0.05) is 17.5 Å². The second-order valence-electron chi connectivity index (χ2n) is 5.22. The van der Waals surface area contributed by atoms with Crippen molar-refractivity contribution in [3.05, 3.63) is 62.4 Å². The molecule has 2 aromatic heterocycles. The van der Waals surface area contributed by atoms with Gasteiger partial charge in [0.15, 0.2) is 0 Å². The number of rotatable bonds is 4. The first kappa shape index (κ1) is 15.9. The average molecular weight is 342 g/mol. The number of hydrogen-bond donors (Lipinski definition) is 0. The molecule has 3 nitrogen and oxygen atoms in total. The molecule has 5 heteroatoms. The SMILES string of the molecule is CCN=c1scc(-c2ccc(C)cc2)n1N=C(C)c1cccs1. The summed E-state index contributed by atoms with van der Waals surface area (Å²) < 4.78 is 1.97. The summed E-state index contributed by atoms with van der Waals surface area (Å²) in [6.45, 7) is 6.94. The number of thiophene rings is 1. The van der Waals surface area contributed by atoms with Gasteiger partial charge in [-0.3, -0.25) is 4.99 Å². The third-order valence-electron chi connectivity index (χ3n) is 3.45. The number of aryl methyl sites for hydroxylation is 1. The molecule has 0 atom stereocenters. The standard InChI is InChI=1S/C18H19N3S2/c1-4-19-18-21(20-14(3)17-6-5-11-22-17)16(12-23-18)15-9-7-13(2)8-10-15/h5-12H,4H2,1-3H3. The van der Waals surface area contributed by atoms with E-state index in [0.717, 1.165) is 28.3 Å². The molecule has 0 saturated heterocycles. The molecule has 0 aliphatic heterocycles. The van der Waals surface area contributed by atoms with Crippen molar-refractivity contribution in [1.82, 2.24) is 4.68 Å². The zero-order valence-electron chi connectivity index (χ0n) is 13.5. The number of aromatic nitrogens is 1. The first-order valence-electron chi connectivity index (χ1n) is 7.56. The van der Waals surface area contributed by atoms with Crippen molar-refractivity contribution in [2.24, 2.45) is 10.1 Å². The molecular weight excluding hydrogens is 322 g/mol. The predicted molar refractivity (Wildman–Crippen MR) is 101 cm³/mol. The van der Waals surface area contributed by atoms with Crippen LogP contribution in [-0.2, 0) is 0 Å². The predicted octanol–water partition coefficient (Wildman–Crippen LogP) is 4.78. The molecule has 0 aliphatic carbocycles. The smallest absolute Gasteiger partial charge is 0.206 e. The Morgan fingerprint density at radius 1 is 1.13 bits per heavy atom. The Hall–Kier alpha value is -1.98. The number of nitrogens with zero attached hydrogens (tertiary/aromatic N) is 3. The topological polar surface area (TPSA) is 29.6 Å². The third-order valence-corrected chi connectivity index (χ3v) is 5.29. The van der Waals surface area contributed by atoms with Gasteiger partial charge in [0.1, 0.15) is 0 Å². The first-order valence-corrected chi connectivity index (χ1v) is 9.32. The molecule has 1 aromatic carbocycles. The van der Waals surface area contributed by atoms with Crippen molar-refractivity contribution in [2.75, 3.05) is 6.54 Å². The van der Waals surface area contributed by atoms with E-state index in [1.54, 1.807) is 22.7 Å². The molecule has 3 aromatic rings. The molecular formula is C18H19N3S2. The van der Waals surface area contributed by atoms with Gasteiger partial charge in [0.25, 0.3) is 0 Å². The third kappa shape index (κ3) is 3.51. The van der Waals surface area contributed by atoms with Crippen LogP contribution in [0.2, 0.25) is 0 Å². The lowest BCUT2D eigenvalue weighted by Gasteiger charge is -2.05. The lowest BCUT2D eigenvalue weighted by Crippen LogP contribution is -2.14. The molecule has 0 unspecified atom stereocenters. The summed E-state index contributed by atoms with van der Waals surface area (Å²) >= 11 is 3.34. The number of benzene rings is 1. The van der Waals surface area contributed by atoms with Crippen LogP contribution in [-0.4, -0.2) is 16.9 Å². The Morgan fingerprint density at radius 2 is 1.91 bits per heavy atom. The van der Waals surface area contributed by atoms with Crippen LogP contribution < -0.4 is 4.80 Å². The Bertz CT molecular complexity index is 866. The van der Waals surface area contributed by atoms with Gasteiger partial charge in [-0.25, -0.2) is 4.68 Å². The van der Waals surface area contributed by atoms with E-state index in [4.69, 9.17) is 5.10 Å². The molecule has 0 fully saturated rings. The number of thiazole rings is 1. The average Bonchev–Trinajstić information content (AvgIpc) is 3.20. The molecule has 0 radical (unpaired) electrons. The Labute approximate surface area is 144 Å². The second-order valence-corrected chi connectivity index (χ2v) is 7.00. The van der Waals surface area contributed by atoms with E-state index in [9.17, 15) is 0 Å². The van der Waals surface area contributed by atoms with Gasteiger partial charge in [0.05, 0.1) is 16.3 Å². The maximum atomic E-state index is 4.84.